The van der Waals surface area contributed by atoms with Crippen molar-refractivity contribution < 1.29 is 5.11 Å². The summed E-state index contributed by atoms with van der Waals surface area (Å²) in [5, 5.41) is 10.2. The Balaban J connectivity index is 2.49. The molecule has 0 amide bonds. The van der Waals surface area contributed by atoms with Crippen molar-refractivity contribution in [1.29, 1.82) is 0 Å². The number of rotatable bonds is 2. The van der Waals surface area contributed by atoms with Crippen LogP contribution in [0.2, 0.25) is 0 Å². The van der Waals surface area contributed by atoms with Crippen molar-refractivity contribution in [3.63, 3.8) is 0 Å². The predicted octanol–water partition coefficient (Wildman–Crippen LogP) is 3.33. The van der Waals surface area contributed by atoms with Crippen molar-refractivity contribution in [3.05, 3.63) is 35.2 Å². The Labute approximate surface area is 89.1 Å². The summed E-state index contributed by atoms with van der Waals surface area (Å²) in [5.41, 5.74) is 0. The lowest BCUT2D eigenvalue weighted by Crippen LogP contribution is -1.90. The molecule has 0 aliphatic rings. The van der Waals surface area contributed by atoms with Crippen molar-refractivity contribution in [2.24, 2.45) is 0 Å². The third-order valence-corrected chi connectivity index (χ3v) is 4.23. The molecule has 0 bridgehead atoms. The monoisotopic (exact) mass is 256 g/mol. The Morgan fingerprint density at radius 1 is 1.38 bits per heavy atom. The second kappa shape index (κ2) is 3.78. The molecule has 0 fully saturated rings. The summed E-state index contributed by atoms with van der Waals surface area (Å²) in [4.78, 5) is 1.26. The zero-order valence-electron chi connectivity index (χ0n) is 6.90. The third-order valence-electron chi connectivity index (χ3n) is 1.91. The number of aliphatic hydroxyl groups excluding tert-OH is 1. The molecule has 2 rings (SSSR count). The van der Waals surface area contributed by atoms with Crippen LogP contribution >= 0.6 is 27.3 Å². The van der Waals surface area contributed by atoms with Gasteiger partial charge in [0.15, 0.2) is 0 Å². The normalized spacial score (nSPS) is 13.4. The number of halogens is 1. The first kappa shape index (κ1) is 9.19. The molecule has 2 aromatic rings. The highest BCUT2D eigenvalue weighted by Gasteiger charge is 2.09. The molecule has 3 heteroatoms. The Bertz CT molecular complexity index is 377. The van der Waals surface area contributed by atoms with Gasteiger partial charge in [-0.2, -0.15) is 0 Å². The van der Waals surface area contributed by atoms with Crippen LogP contribution < -0.4 is 0 Å². The fraction of sp³-hybridized carbons (Fsp3) is 0.200. The summed E-state index contributed by atoms with van der Waals surface area (Å²) in [6, 6.07) is 10.4. The van der Waals surface area contributed by atoms with Gasteiger partial charge < -0.3 is 5.11 Å². The lowest BCUT2D eigenvalue weighted by atomic mass is 10.2. The van der Waals surface area contributed by atoms with Crippen molar-refractivity contribution in [1.82, 2.24) is 0 Å². The predicted molar refractivity (Wildman–Crippen MR) is 60.6 cm³/mol. The molecule has 1 nitrogen and oxygen atoms in total. The lowest BCUT2D eigenvalue weighted by molar-refractivity contribution is 0.299. The summed E-state index contributed by atoms with van der Waals surface area (Å²) >= 11 is 5.15. The zero-order chi connectivity index (χ0) is 9.26. The number of benzene rings is 1. The SMILES string of the molecule is OCC(Br)c1cc2ccccc2s1. The van der Waals surface area contributed by atoms with E-state index in [1.54, 1.807) is 11.3 Å². The third kappa shape index (κ3) is 1.77. The van der Waals surface area contributed by atoms with Gasteiger partial charge in [0.05, 0.1) is 11.4 Å². The van der Waals surface area contributed by atoms with E-state index in [0.717, 1.165) is 0 Å². The average Bonchev–Trinajstić information content (AvgIpc) is 2.59. The van der Waals surface area contributed by atoms with E-state index >= 15 is 0 Å². The summed E-state index contributed by atoms with van der Waals surface area (Å²) in [6.07, 6.45) is 0. The van der Waals surface area contributed by atoms with E-state index in [0.29, 0.717) is 0 Å². The van der Waals surface area contributed by atoms with Gasteiger partial charge in [-0.3, -0.25) is 0 Å². The van der Waals surface area contributed by atoms with E-state index in [2.05, 4.69) is 34.1 Å². The molecule has 68 valence electrons. The molecule has 1 N–H and O–H groups in total. The minimum Gasteiger partial charge on any atom is -0.395 e. The van der Waals surface area contributed by atoms with E-state index in [1.807, 2.05) is 12.1 Å². The van der Waals surface area contributed by atoms with Gasteiger partial charge >= 0.3 is 0 Å². The summed E-state index contributed by atoms with van der Waals surface area (Å²) < 4.78 is 1.27. The maximum Gasteiger partial charge on any atom is 0.0720 e. The molecule has 1 unspecified atom stereocenters. The summed E-state index contributed by atoms with van der Waals surface area (Å²) in [5.74, 6) is 0. The minimum atomic E-state index is 0.0740. The smallest absolute Gasteiger partial charge is 0.0720 e. The van der Waals surface area contributed by atoms with E-state index in [1.165, 1.54) is 15.0 Å². The first-order chi connectivity index (χ1) is 6.31. The molecule has 0 saturated carbocycles. The van der Waals surface area contributed by atoms with Gasteiger partial charge in [-0.05, 0) is 17.5 Å². The second-order valence-corrected chi connectivity index (χ2v) is 5.06. The fourth-order valence-electron chi connectivity index (χ4n) is 1.25. The fourth-order valence-corrected chi connectivity index (χ4v) is 2.69. The van der Waals surface area contributed by atoms with Crippen LogP contribution in [0.15, 0.2) is 30.3 Å². The standard InChI is InChI=1S/C10H9BrOS/c11-8(6-12)10-5-7-3-1-2-4-9(7)13-10/h1-5,8,12H,6H2. The Hall–Kier alpha value is -0.380. The number of fused-ring (bicyclic) bond motifs is 1. The quantitative estimate of drug-likeness (QED) is 0.818. The van der Waals surface area contributed by atoms with Gasteiger partial charge in [-0.15, -0.1) is 11.3 Å². The van der Waals surface area contributed by atoms with Crippen LogP contribution in [0.25, 0.3) is 10.1 Å². The number of hydrogen-bond acceptors (Lipinski definition) is 2. The second-order valence-electron chi connectivity index (χ2n) is 2.84. The molecule has 1 atom stereocenters. The van der Waals surface area contributed by atoms with Gasteiger partial charge in [0.2, 0.25) is 0 Å². The van der Waals surface area contributed by atoms with E-state index in [-0.39, 0.29) is 11.4 Å². The highest BCUT2D eigenvalue weighted by molar-refractivity contribution is 9.09. The zero-order valence-corrected chi connectivity index (χ0v) is 9.31. The van der Waals surface area contributed by atoms with E-state index in [4.69, 9.17) is 5.11 Å². The van der Waals surface area contributed by atoms with Crippen molar-refractivity contribution in [3.8, 4) is 0 Å². The molecular weight excluding hydrogens is 248 g/mol. The molecule has 0 saturated heterocycles. The van der Waals surface area contributed by atoms with Crippen LogP contribution in [-0.4, -0.2) is 11.7 Å². The van der Waals surface area contributed by atoms with E-state index < -0.39 is 0 Å². The van der Waals surface area contributed by atoms with Gasteiger partial charge in [0, 0.05) is 9.58 Å². The maximum atomic E-state index is 8.97. The number of thiophene rings is 1. The first-order valence-corrected chi connectivity index (χ1v) is 5.78. The van der Waals surface area contributed by atoms with Gasteiger partial charge in [-0.25, -0.2) is 0 Å². The Morgan fingerprint density at radius 3 is 2.85 bits per heavy atom. The van der Waals surface area contributed by atoms with Crippen LogP contribution in [0.4, 0.5) is 0 Å². The van der Waals surface area contributed by atoms with Crippen molar-refractivity contribution >= 4 is 37.4 Å². The maximum absolute atomic E-state index is 8.97. The number of alkyl halides is 1. The van der Waals surface area contributed by atoms with Gasteiger partial charge in [-0.1, -0.05) is 34.1 Å². The summed E-state index contributed by atoms with van der Waals surface area (Å²) in [6.45, 7) is 0.146. The van der Waals surface area contributed by atoms with Crippen LogP contribution in [0, 0.1) is 0 Å². The molecule has 13 heavy (non-hydrogen) atoms. The van der Waals surface area contributed by atoms with Gasteiger partial charge in [0.1, 0.15) is 0 Å². The average molecular weight is 257 g/mol. The summed E-state index contributed by atoms with van der Waals surface area (Å²) in [7, 11) is 0. The highest BCUT2D eigenvalue weighted by Crippen LogP contribution is 2.33. The molecule has 1 aromatic carbocycles. The molecule has 0 radical (unpaired) electrons. The number of aliphatic hydroxyl groups is 1. The Morgan fingerprint density at radius 2 is 2.15 bits per heavy atom. The van der Waals surface area contributed by atoms with Crippen molar-refractivity contribution in [2.75, 3.05) is 6.61 Å². The van der Waals surface area contributed by atoms with Crippen molar-refractivity contribution in [2.45, 2.75) is 4.83 Å². The molecule has 1 aromatic heterocycles. The van der Waals surface area contributed by atoms with Crippen LogP contribution in [0.3, 0.4) is 0 Å². The number of hydrogen-bond donors (Lipinski definition) is 1. The topological polar surface area (TPSA) is 20.2 Å². The first-order valence-electron chi connectivity index (χ1n) is 4.04. The Kier molecular flexibility index (Phi) is 2.67. The van der Waals surface area contributed by atoms with E-state index in [9.17, 15) is 0 Å². The molecular formula is C10H9BrOS. The van der Waals surface area contributed by atoms with Crippen LogP contribution in [0.5, 0.6) is 0 Å². The molecule has 1 heterocycles. The van der Waals surface area contributed by atoms with Crippen LogP contribution in [-0.2, 0) is 0 Å². The molecule has 0 aliphatic heterocycles. The largest absolute Gasteiger partial charge is 0.395 e. The minimum absolute atomic E-state index is 0.0740. The van der Waals surface area contributed by atoms with Gasteiger partial charge in [0.25, 0.3) is 0 Å². The van der Waals surface area contributed by atoms with Crippen LogP contribution in [0.1, 0.15) is 9.70 Å². The highest BCUT2D eigenvalue weighted by atomic mass is 79.9. The molecule has 0 spiro atoms. The lowest BCUT2D eigenvalue weighted by Gasteiger charge is -1.99. The molecule has 0 aliphatic carbocycles.